The average Bonchev–Trinajstić information content (AvgIpc) is 1.88. The highest BCUT2D eigenvalue weighted by atomic mass is 19.4. The van der Waals surface area contributed by atoms with Crippen LogP contribution in [0.4, 0.5) is 18.0 Å². The van der Waals surface area contributed by atoms with E-state index in [4.69, 9.17) is 5.11 Å². The lowest BCUT2D eigenvalue weighted by Gasteiger charge is -2.14. The van der Waals surface area contributed by atoms with Gasteiger partial charge in [0.15, 0.2) is 0 Å². The molecule has 0 unspecified atom stereocenters. The minimum atomic E-state index is -4.50. The van der Waals surface area contributed by atoms with Crippen LogP contribution in [0.25, 0.3) is 0 Å². The number of halogens is 3. The molecule has 0 bridgehead atoms. The van der Waals surface area contributed by atoms with E-state index in [-0.39, 0.29) is 1.43 Å². The number of hydrogen-bond donors (Lipinski definition) is 2. The van der Waals surface area contributed by atoms with Crippen molar-refractivity contribution in [1.82, 2.24) is 5.32 Å². The number of carbonyl (C=O) groups is 1. The third-order valence-electron chi connectivity index (χ3n) is 0.831. The lowest BCUT2D eigenvalue weighted by molar-refractivity contribution is -0.149. The number of hydrogen-bond acceptors (Lipinski definition) is 1. The molecule has 1 amide bonds. The molecular formula is C6H14F3NO2. The summed E-state index contributed by atoms with van der Waals surface area (Å²) >= 11 is 0. The number of alkyl halides is 3. The van der Waals surface area contributed by atoms with Gasteiger partial charge in [-0.1, -0.05) is 13.8 Å². The summed E-state index contributed by atoms with van der Waals surface area (Å²) in [4.78, 5) is 9.65. The van der Waals surface area contributed by atoms with Crippen molar-refractivity contribution >= 4 is 6.09 Å². The standard InChI is InChI=1S/C4H6F3NO2.C2H6.H2/c1-2(4(5,6)7)8-3(9)10;1-2;/h2,8H,1H3,(H,9,10);1-2H3;1H/t2-;;/m0../s1. The van der Waals surface area contributed by atoms with E-state index in [2.05, 4.69) is 0 Å². The Hall–Kier alpha value is -0.940. The third kappa shape index (κ3) is 7.17. The molecule has 0 aliphatic carbocycles. The lowest BCUT2D eigenvalue weighted by Crippen LogP contribution is -2.42. The second kappa shape index (κ2) is 5.68. The molecule has 3 nitrogen and oxygen atoms in total. The molecule has 0 aliphatic rings. The maximum absolute atomic E-state index is 11.5. The van der Waals surface area contributed by atoms with Gasteiger partial charge in [0.2, 0.25) is 0 Å². The molecule has 0 rings (SSSR count). The summed E-state index contributed by atoms with van der Waals surface area (Å²) < 4.78 is 34.5. The zero-order chi connectivity index (χ0) is 10.4. The van der Waals surface area contributed by atoms with Crippen LogP contribution < -0.4 is 5.32 Å². The molecule has 0 aliphatic heterocycles. The van der Waals surface area contributed by atoms with E-state index < -0.39 is 18.3 Å². The van der Waals surface area contributed by atoms with Crippen molar-refractivity contribution in [2.45, 2.75) is 33.0 Å². The Bertz CT molecular complexity index is 140. The number of rotatable bonds is 1. The first-order valence-corrected chi connectivity index (χ1v) is 3.40. The molecular weight excluding hydrogens is 175 g/mol. The maximum Gasteiger partial charge on any atom is 0.408 e. The van der Waals surface area contributed by atoms with Crippen LogP contribution in [0.5, 0.6) is 0 Å². The minimum Gasteiger partial charge on any atom is -0.465 e. The van der Waals surface area contributed by atoms with Crippen LogP contribution in [0, 0.1) is 0 Å². The van der Waals surface area contributed by atoms with E-state index in [1.54, 1.807) is 0 Å². The molecule has 0 aromatic rings. The van der Waals surface area contributed by atoms with Crippen molar-refractivity contribution in [2.24, 2.45) is 0 Å². The van der Waals surface area contributed by atoms with Gasteiger partial charge in [0.1, 0.15) is 6.04 Å². The highest BCUT2D eigenvalue weighted by Gasteiger charge is 2.36. The fourth-order valence-electron chi connectivity index (χ4n) is 0.267. The van der Waals surface area contributed by atoms with E-state index >= 15 is 0 Å². The van der Waals surface area contributed by atoms with Crippen molar-refractivity contribution in [1.29, 1.82) is 0 Å². The van der Waals surface area contributed by atoms with Gasteiger partial charge in [-0.15, -0.1) is 0 Å². The summed E-state index contributed by atoms with van der Waals surface area (Å²) in [6, 6.07) is -2.01. The first kappa shape index (κ1) is 13.6. The normalized spacial score (nSPS) is 12.5. The molecule has 0 spiro atoms. The van der Waals surface area contributed by atoms with E-state index in [0.717, 1.165) is 6.92 Å². The Balaban J connectivity index is -0.000000309. The number of nitrogens with one attached hydrogen (secondary N) is 1. The summed E-state index contributed by atoms with van der Waals surface area (Å²) in [5.41, 5.74) is 0. The van der Waals surface area contributed by atoms with Crippen LogP contribution >= 0.6 is 0 Å². The molecule has 0 heterocycles. The van der Waals surface area contributed by atoms with E-state index in [0.29, 0.717) is 0 Å². The molecule has 0 saturated carbocycles. The zero-order valence-electron chi connectivity index (χ0n) is 7.07. The molecule has 76 valence electrons. The summed E-state index contributed by atoms with van der Waals surface area (Å²) in [5, 5.41) is 9.11. The summed E-state index contributed by atoms with van der Waals surface area (Å²) in [7, 11) is 0. The number of amides is 1. The van der Waals surface area contributed by atoms with Crippen LogP contribution in [0.2, 0.25) is 0 Å². The van der Waals surface area contributed by atoms with Gasteiger partial charge in [-0.25, -0.2) is 4.79 Å². The second-order valence-corrected chi connectivity index (χ2v) is 1.71. The summed E-state index contributed by atoms with van der Waals surface area (Å²) in [6.45, 7) is 4.73. The van der Waals surface area contributed by atoms with Gasteiger partial charge >= 0.3 is 12.3 Å². The van der Waals surface area contributed by atoms with Gasteiger partial charge in [-0.05, 0) is 6.92 Å². The van der Waals surface area contributed by atoms with Gasteiger partial charge in [-0.3, -0.25) is 0 Å². The predicted molar refractivity (Wildman–Crippen MR) is 40.1 cm³/mol. The van der Waals surface area contributed by atoms with Crippen LogP contribution in [0.15, 0.2) is 0 Å². The molecule has 0 fully saturated rings. The lowest BCUT2D eigenvalue weighted by atomic mass is 10.3. The first-order valence-electron chi connectivity index (χ1n) is 3.40. The SMILES string of the molecule is CC.C[C@H](NC(=O)O)C(F)(F)F.[HH]. The van der Waals surface area contributed by atoms with Crippen LogP contribution in [0.3, 0.4) is 0 Å². The fraction of sp³-hybridized carbons (Fsp3) is 0.833. The average molecular weight is 189 g/mol. The highest BCUT2D eigenvalue weighted by molar-refractivity contribution is 5.64. The fourth-order valence-corrected chi connectivity index (χ4v) is 0.267. The van der Waals surface area contributed by atoms with Gasteiger partial charge < -0.3 is 10.4 Å². The Kier molecular flexibility index (Phi) is 6.45. The van der Waals surface area contributed by atoms with Gasteiger partial charge in [0.05, 0.1) is 0 Å². The van der Waals surface area contributed by atoms with Crippen LogP contribution in [0.1, 0.15) is 22.2 Å². The topological polar surface area (TPSA) is 49.3 Å². The van der Waals surface area contributed by atoms with Gasteiger partial charge in [0, 0.05) is 1.43 Å². The van der Waals surface area contributed by atoms with E-state index in [1.165, 1.54) is 5.32 Å². The maximum atomic E-state index is 11.5. The highest BCUT2D eigenvalue weighted by Crippen LogP contribution is 2.19. The minimum absolute atomic E-state index is 0. The van der Waals surface area contributed by atoms with Crippen LogP contribution in [-0.2, 0) is 0 Å². The van der Waals surface area contributed by atoms with E-state index in [9.17, 15) is 18.0 Å². The Morgan fingerprint density at radius 3 is 1.92 bits per heavy atom. The number of carboxylic acid groups (broad SMARTS) is 1. The third-order valence-corrected chi connectivity index (χ3v) is 0.831. The van der Waals surface area contributed by atoms with Crippen LogP contribution in [-0.4, -0.2) is 23.4 Å². The molecule has 1 atom stereocenters. The smallest absolute Gasteiger partial charge is 0.408 e. The molecule has 0 saturated heterocycles. The van der Waals surface area contributed by atoms with Crippen molar-refractivity contribution in [2.75, 3.05) is 0 Å². The molecule has 12 heavy (non-hydrogen) atoms. The Morgan fingerprint density at radius 2 is 1.83 bits per heavy atom. The zero-order valence-corrected chi connectivity index (χ0v) is 7.07. The van der Waals surface area contributed by atoms with Crippen molar-refractivity contribution in [3.63, 3.8) is 0 Å². The quantitative estimate of drug-likeness (QED) is 0.665. The largest absolute Gasteiger partial charge is 0.465 e. The molecule has 0 aromatic heterocycles. The molecule has 2 N–H and O–H groups in total. The Labute approximate surface area is 70.1 Å². The monoisotopic (exact) mass is 189 g/mol. The molecule has 0 radical (unpaired) electrons. The van der Waals surface area contributed by atoms with Crippen molar-refractivity contribution in [3.8, 4) is 0 Å². The van der Waals surface area contributed by atoms with Gasteiger partial charge in [0.25, 0.3) is 0 Å². The van der Waals surface area contributed by atoms with Crippen molar-refractivity contribution < 1.29 is 24.5 Å². The summed E-state index contributed by atoms with van der Waals surface area (Å²) in [6.07, 6.45) is -6.18. The first-order chi connectivity index (χ1) is 5.34. The second-order valence-electron chi connectivity index (χ2n) is 1.71. The Morgan fingerprint density at radius 1 is 1.50 bits per heavy atom. The molecule has 6 heteroatoms. The summed E-state index contributed by atoms with van der Waals surface area (Å²) in [5.74, 6) is 0. The predicted octanol–water partition coefficient (Wildman–Crippen LogP) is 2.48. The van der Waals surface area contributed by atoms with Gasteiger partial charge in [-0.2, -0.15) is 13.2 Å². The molecule has 0 aromatic carbocycles. The van der Waals surface area contributed by atoms with Crippen molar-refractivity contribution in [3.05, 3.63) is 0 Å². The van der Waals surface area contributed by atoms with E-state index in [1.807, 2.05) is 13.8 Å².